The topological polar surface area (TPSA) is 66.4 Å². The molecule has 0 saturated heterocycles. The van der Waals surface area contributed by atoms with E-state index in [4.69, 9.17) is 5.11 Å². The van der Waals surface area contributed by atoms with Crippen LogP contribution in [-0.4, -0.2) is 17.0 Å². The molecule has 1 unspecified atom stereocenters. The van der Waals surface area contributed by atoms with E-state index in [0.717, 1.165) is 16.8 Å². The zero-order valence-electron chi connectivity index (χ0n) is 14.0. The maximum atomic E-state index is 12.7. The predicted molar refractivity (Wildman–Crippen MR) is 95.0 cm³/mol. The number of hydrogen-bond donors (Lipinski definition) is 2. The molecule has 2 aromatic rings. The molecule has 126 valence electrons. The summed E-state index contributed by atoms with van der Waals surface area (Å²) in [6, 6.07) is 17.1. The van der Waals surface area contributed by atoms with E-state index in [0.29, 0.717) is 6.42 Å². The van der Waals surface area contributed by atoms with Crippen LogP contribution in [0.15, 0.2) is 54.6 Å². The first kappa shape index (κ1) is 17.7. The first-order valence-corrected chi connectivity index (χ1v) is 8.14. The second kappa shape index (κ2) is 8.29. The van der Waals surface area contributed by atoms with Gasteiger partial charge < -0.3 is 10.4 Å². The highest BCUT2D eigenvalue weighted by Gasteiger charge is 2.23. The molecular formula is C20H23NO3. The molecule has 2 rings (SSSR count). The van der Waals surface area contributed by atoms with Crippen LogP contribution in [0.5, 0.6) is 0 Å². The van der Waals surface area contributed by atoms with Crippen LogP contribution >= 0.6 is 0 Å². The minimum Gasteiger partial charge on any atom is -0.481 e. The Morgan fingerprint density at radius 1 is 1.00 bits per heavy atom. The highest BCUT2D eigenvalue weighted by molar-refractivity contribution is 5.96. The predicted octanol–water partition coefficient (Wildman–Crippen LogP) is 4.08. The molecule has 0 heterocycles. The van der Waals surface area contributed by atoms with E-state index in [2.05, 4.69) is 5.32 Å². The van der Waals surface area contributed by atoms with Crippen molar-refractivity contribution in [2.24, 2.45) is 5.92 Å². The number of carbonyl (C=O) groups excluding carboxylic acids is 1. The van der Waals surface area contributed by atoms with Gasteiger partial charge in [0.15, 0.2) is 0 Å². The fraction of sp³-hybridized carbons (Fsp3) is 0.300. The smallest absolute Gasteiger partial charge is 0.303 e. The molecule has 2 aromatic carbocycles. The van der Waals surface area contributed by atoms with Crippen molar-refractivity contribution < 1.29 is 14.7 Å². The van der Waals surface area contributed by atoms with Crippen molar-refractivity contribution in [2.45, 2.75) is 32.6 Å². The highest BCUT2D eigenvalue weighted by atomic mass is 16.4. The molecule has 2 N–H and O–H groups in total. The quantitative estimate of drug-likeness (QED) is 0.806. The fourth-order valence-electron chi connectivity index (χ4n) is 2.73. The van der Waals surface area contributed by atoms with Gasteiger partial charge in [-0.05, 0) is 35.6 Å². The van der Waals surface area contributed by atoms with Gasteiger partial charge in [-0.25, -0.2) is 0 Å². The minimum absolute atomic E-state index is 0.0329. The summed E-state index contributed by atoms with van der Waals surface area (Å²) in [5.41, 5.74) is 2.67. The average molecular weight is 325 g/mol. The Bertz CT molecular complexity index is 678. The summed E-state index contributed by atoms with van der Waals surface area (Å²) >= 11 is 0. The van der Waals surface area contributed by atoms with Crippen molar-refractivity contribution in [1.82, 2.24) is 0 Å². The highest BCUT2D eigenvalue weighted by Crippen LogP contribution is 2.26. The van der Waals surface area contributed by atoms with Crippen LogP contribution in [-0.2, 0) is 16.0 Å². The first-order valence-electron chi connectivity index (χ1n) is 8.14. The van der Waals surface area contributed by atoms with Crippen LogP contribution in [0.2, 0.25) is 0 Å². The van der Waals surface area contributed by atoms with Crippen molar-refractivity contribution in [2.75, 3.05) is 5.32 Å². The van der Waals surface area contributed by atoms with Gasteiger partial charge in [-0.1, -0.05) is 56.3 Å². The van der Waals surface area contributed by atoms with Crippen molar-refractivity contribution >= 4 is 17.6 Å². The molecule has 24 heavy (non-hydrogen) atoms. The normalized spacial score (nSPS) is 12.0. The Labute approximate surface area is 142 Å². The number of anilines is 1. The largest absolute Gasteiger partial charge is 0.481 e. The number of hydrogen-bond acceptors (Lipinski definition) is 2. The number of nitrogens with one attached hydrogen (secondary N) is 1. The van der Waals surface area contributed by atoms with E-state index < -0.39 is 5.97 Å². The number of aryl methyl sites for hydroxylation is 1. The van der Waals surface area contributed by atoms with Gasteiger partial charge >= 0.3 is 5.97 Å². The summed E-state index contributed by atoms with van der Waals surface area (Å²) in [6.45, 7) is 4.07. The van der Waals surface area contributed by atoms with E-state index in [-0.39, 0.29) is 24.2 Å². The Hall–Kier alpha value is -2.62. The third-order valence-corrected chi connectivity index (χ3v) is 3.96. The lowest BCUT2D eigenvalue weighted by Crippen LogP contribution is -2.25. The van der Waals surface area contributed by atoms with E-state index in [1.165, 1.54) is 0 Å². The van der Waals surface area contributed by atoms with Gasteiger partial charge in [0.25, 0.3) is 0 Å². The van der Waals surface area contributed by atoms with Crippen LogP contribution in [0.1, 0.15) is 37.3 Å². The maximum Gasteiger partial charge on any atom is 0.303 e. The molecule has 0 aromatic heterocycles. The second-order valence-corrected chi connectivity index (χ2v) is 6.21. The number of carbonyl (C=O) groups is 2. The first-order chi connectivity index (χ1) is 11.5. The summed E-state index contributed by atoms with van der Waals surface area (Å²) in [7, 11) is 0. The zero-order valence-corrected chi connectivity index (χ0v) is 14.0. The molecule has 0 radical (unpaired) electrons. The molecule has 0 spiro atoms. The SMILES string of the molecule is CC(C)C(C(=O)Nc1ccc(CCC(=O)O)cc1)c1ccccc1. The van der Waals surface area contributed by atoms with Crippen LogP contribution in [0.25, 0.3) is 0 Å². The second-order valence-electron chi connectivity index (χ2n) is 6.21. The van der Waals surface area contributed by atoms with E-state index >= 15 is 0 Å². The lowest BCUT2D eigenvalue weighted by molar-refractivity contribution is -0.137. The van der Waals surface area contributed by atoms with E-state index in [1.807, 2.05) is 68.4 Å². The lowest BCUT2D eigenvalue weighted by atomic mass is 9.87. The van der Waals surface area contributed by atoms with Crippen LogP contribution in [0, 0.1) is 5.92 Å². The minimum atomic E-state index is -0.810. The zero-order chi connectivity index (χ0) is 17.5. The lowest BCUT2D eigenvalue weighted by Gasteiger charge is -2.21. The van der Waals surface area contributed by atoms with Gasteiger partial charge in [-0.3, -0.25) is 9.59 Å². The standard InChI is InChI=1S/C20H23NO3/c1-14(2)19(16-6-4-3-5-7-16)20(24)21-17-11-8-15(9-12-17)10-13-18(22)23/h3-9,11-12,14,19H,10,13H2,1-2H3,(H,21,24)(H,22,23). The van der Waals surface area contributed by atoms with Crippen LogP contribution in [0.4, 0.5) is 5.69 Å². The fourth-order valence-corrected chi connectivity index (χ4v) is 2.73. The van der Waals surface area contributed by atoms with Gasteiger partial charge in [0.05, 0.1) is 5.92 Å². The molecule has 0 aliphatic carbocycles. The van der Waals surface area contributed by atoms with Gasteiger partial charge in [0, 0.05) is 12.1 Å². The maximum absolute atomic E-state index is 12.7. The Kier molecular flexibility index (Phi) is 6.13. The van der Waals surface area contributed by atoms with Crippen LogP contribution in [0.3, 0.4) is 0 Å². The summed E-state index contributed by atoms with van der Waals surface area (Å²) in [5.74, 6) is -0.871. The molecule has 4 nitrogen and oxygen atoms in total. The average Bonchev–Trinajstić information content (AvgIpc) is 2.55. The number of carboxylic acids is 1. The summed E-state index contributed by atoms with van der Waals surface area (Å²) in [6.07, 6.45) is 0.595. The molecule has 0 bridgehead atoms. The summed E-state index contributed by atoms with van der Waals surface area (Å²) < 4.78 is 0. The third-order valence-electron chi connectivity index (χ3n) is 3.96. The van der Waals surface area contributed by atoms with E-state index in [9.17, 15) is 9.59 Å². The molecule has 1 amide bonds. The number of rotatable bonds is 7. The van der Waals surface area contributed by atoms with Crippen molar-refractivity contribution in [3.8, 4) is 0 Å². The molecule has 0 aliphatic rings. The van der Waals surface area contributed by atoms with Crippen molar-refractivity contribution in [1.29, 1.82) is 0 Å². The Morgan fingerprint density at radius 2 is 1.62 bits per heavy atom. The summed E-state index contributed by atoms with van der Waals surface area (Å²) in [4.78, 5) is 23.3. The van der Waals surface area contributed by atoms with E-state index in [1.54, 1.807) is 0 Å². The molecule has 0 saturated carbocycles. The Morgan fingerprint density at radius 3 is 2.17 bits per heavy atom. The molecule has 4 heteroatoms. The molecule has 0 aliphatic heterocycles. The molecule has 0 fully saturated rings. The van der Waals surface area contributed by atoms with Crippen LogP contribution < -0.4 is 5.32 Å². The number of benzene rings is 2. The van der Waals surface area contributed by atoms with Gasteiger partial charge in [-0.2, -0.15) is 0 Å². The van der Waals surface area contributed by atoms with Gasteiger partial charge in [0.1, 0.15) is 0 Å². The number of carboxylic acid groups (broad SMARTS) is 1. The number of aliphatic carboxylic acids is 1. The van der Waals surface area contributed by atoms with Crippen molar-refractivity contribution in [3.63, 3.8) is 0 Å². The molecule has 1 atom stereocenters. The molecular weight excluding hydrogens is 302 g/mol. The number of amides is 1. The van der Waals surface area contributed by atoms with Gasteiger partial charge in [-0.15, -0.1) is 0 Å². The summed E-state index contributed by atoms with van der Waals surface area (Å²) in [5, 5.41) is 11.7. The van der Waals surface area contributed by atoms with Crippen molar-refractivity contribution in [3.05, 3.63) is 65.7 Å². The Balaban J connectivity index is 2.06. The monoisotopic (exact) mass is 325 g/mol. The van der Waals surface area contributed by atoms with Gasteiger partial charge in [0.2, 0.25) is 5.91 Å². The third kappa shape index (κ3) is 4.95.